The van der Waals surface area contributed by atoms with Gasteiger partial charge in [0.1, 0.15) is 0 Å². The second-order valence-corrected chi connectivity index (χ2v) is 8.93. The maximum Gasteiger partial charge on any atom is 0.325 e. The molecule has 0 spiro atoms. The van der Waals surface area contributed by atoms with Crippen LogP contribution in [0.2, 0.25) is 0 Å². The number of benzene rings is 2. The van der Waals surface area contributed by atoms with Crippen molar-refractivity contribution in [2.24, 2.45) is 0 Å². The molecule has 2 atom stereocenters. The van der Waals surface area contributed by atoms with Crippen LogP contribution >= 0.6 is 0 Å². The first kappa shape index (κ1) is 16.8. The summed E-state index contributed by atoms with van der Waals surface area (Å²) in [6.45, 7) is 4.14. The number of carbonyl (C=O) groups is 1. The van der Waals surface area contributed by atoms with Gasteiger partial charge in [0.2, 0.25) is 0 Å². The minimum absolute atomic E-state index is 0.0181. The highest BCUT2D eigenvalue weighted by atomic mass is 32.2. The molecule has 26 heavy (non-hydrogen) atoms. The number of amides is 2. The van der Waals surface area contributed by atoms with E-state index >= 15 is 0 Å². The van der Waals surface area contributed by atoms with Crippen molar-refractivity contribution in [2.75, 3.05) is 16.4 Å². The van der Waals surface area contributed by atoms with E-state index in [1.807, 2.05) is 54.6 Å². The van der Waals surface area contributed by atoms with E-state index in [2.05, 4.69) is 6.58 Å². The molecule has 5 nitrogen and oxygen atoms in total. The van der Waals surface area contributed by atoms with E-state index in [0.717, 1.165) is 16.8 Å². The van der Waals surface area contributed by atoms with E-state index in [1.165, 1.54) is 0 Å². The van der Waals surface area contributed by atoms with Crippen molar-refractivity contribution in [2.45, 2.75) is 18.6 Å². The average Bonchev–Trinajstić information content (AvgIpc) is 3.07. The summed E-state index contributed by atoms with van der Waals surface area (Å²) in [7, 11) is -3.15. The zero-order valence-electron chi connectivity index (χ0n) is 14.3. The van der Waals surface area contributed by atoms with Crippen molar-refractivity contribution < 1.29 is 13.2 Å². The molecule has 0 saturated carbocycles. The van der Waals surface area contributed by atoms with Crippen LogP contribution in [-0.2, 0) is 16.4 Å². The number of hydrogen-bond donors (Lipinski definition) is 0. The van der Waals surface area contributed by atoms with Gasteiger partial charge in [0.05, 0.1) is 23.6 Å². The number of hydrogen-bond acceptors (Lipinski definition) is 3. The molecule has 0 N–H and O–H groups in total. The highest BCUT2D eigenvalue weighted by Gasteiger charge is 2.53. The topological polar surface area (TPSA) is 57.7 Å². The first-order valence-corrected chi connectivity index (χ1v) is 10.4. The Morgan fingerprint density at radius 3 is 2.31 bits per heavy atom. The second kappa shape index (κ2) is 6.29. The van der Waals surface area contributed by atoms with Crippen molar-refractivity contribution in [1.29, 1.82) is 0 Å². The number of sulfone groups is 1. The minimum Gasteiger partial charge on any atom is -0.314 e. The molecule has 2 fully saturated rings. The smallest absolute Gasteiger partial charge is 0.314 e. The molecule has 0 aliphatic carbocycles. The van der Waals surface area contributed by atoms with Crippen LogP contribution in [-0.4, -0.2) is 42.9 Å². The summed E-state index contributed by atoms with van der Waals surface area (Å²) in [5, 5.41) is 0. The van der Waals surface area contributed by atoms with Gasteiger partial charge in [-0.25, -0.2) is 13.2 Å². The van der Waals surface area contributed by atoms with Crippen LogP contribution in [0.5, 0.6) is 0 Å². The highest BCUT2D eigenvalue weighted by molar-refractivity contribution is 7.91. The Balaban J connectivity index is 1.67. The molecular weight excluding hydrogens is 348 g/mol. The fraction of sp³-hybridized carbons (Fsp3) is 0.250. The number of carbonyl (C=O) groups excluding carboxylic acids is 1. The predicted molar refractivity (Wildman–Crippen MR) is 103 cm³/mol. The van der Waals surface area contributed by atoms with Crippen molar-refractivity contribution in [1.82, 2.24) is 4.90 Å². The minimum atomic E-state index is -3.15. The number of fused-ring (bicyclic) bond motifs is 1. The van der Waals surface area contributed by atoms with Gasteiger partial charge < -0.3 is 4.90 Å². The monoisotopic (exact) mass is 368 g/mol. The maximum absolute atomic E-state index is 13.1. The van der Waals surface area contributed by atoms with Gasteiger partial charge in [0, 0.05) is 12.2 Å². The molecule has 2 aliphatic rings. The third-order valence-corrected chi connectivity index (χ3v) is 6.78. The van der Waals surface area contributed by atoms with Crippen LogP contribution in [0.15, 0.2) is 61.2 Å². The predicted octanol–water partition coefficient (Wildman–Crippen LogP) is 2.94. The molecule has 0 radical (unpaired) electrons. The Labute approximate surface area is 153 Å². The molecular formula is C20H20N2O3S. The Bertz CT molecular complexity index is 939. The summed E-state index contributed by atoms with van der Waals surface area (Å²) in [6, 6.07) is 16.3. The molecule has 0 aromatic heterocycles. The van der Waals surface area contributed by atoms with E-state index in [-0.39, 0.29) is 29.6 Å². The van der Waals surface area contributed by atoms with Gasteiger partial charge in [-0.15, -0.1) is 0 Å². The van der Waals surface area contributed by atoms with E-state index < -0.39 is 9.84 Å². The Morgan fingerprint density at radius 1 is 1.00 bits per heavy atom. The molecule has 2 saturated heterocycles. The second-order valence-electron chi connectivity index (χ2n) is 6.77. The fourth-order valence-electron chi connectivity index (χ4n) is 3.81. The molecule has 2 aromatic rings. The zero-order chi connectivity index (χ0) is 18.3. The van der Waals surface area contributed by atoms with Crippen molar-refractivity contribution in [3.8, 4) is 0 Å². The summed E-state index contributed by atoms with van der Waals surface area (Å²) in [6.07, 6.45) is 1.77. The normalized spacial score (nSPS) is 23.9. The molecule has 0 bridgehead atoms. The quantitative estimate of drug-likeness (QED) is 0.780. The van der Waals surface area contributed by atoms with Gasteiger partial charge in [0.25, 0.3) is 0 Å². The Kier molecular flexibility index (Phi) is 4.07. The first-order chi connectivity index (χ1) is 12.5. The summed E-state index contributed by atoms with van der Waals surface area (Å²) in [5.41, 5.74) is 2.73. The standard InChI is InChI=1S/C20H20N2O3S/c1-2-15-8-10-16(11-9-15)12-21-18-13-26(24,25)14-19(18)22(20(21)23)17-6-4-3-5-7-17/h2-11,18-19H,1,12-14H2/t18-,19-/m1/s1. The van der Waals surface area contributed by atoms with Gasteiger partial charge in [-0.05, 0) is 23.3 Å². The molecule has 134 valence electrons. The molecule has 6 heteroatoms. The summed E-state index contributed by atoms with van der Waals surface area (Å²) in [4.78, 5) is 16.4. The first-order valence-electron chi connectivity index (χ1n) is 8.55. The number of para-hydroxylation sites is 1. The van der Waals surface area contributed by atoms with Crippen molar-refractivity contribution >= 4 is 27.6 Å². The van der Waals surface area contributed by atoms with Crippen LogP contribution in [0.25, 0.3) is 6.08 Å². The largest absolute Gasteiger partial charge is 0.325 e. The summed E-state index contributed by atoms with van der Waals surface area (Å²) in [5.74, 6) is 0.0433. The Morgan fingerprint density at radius 2 is 1.65 bits per heavy atom. The van der Waals surface area contributed by atoms with E-state index in [4.69, 9.17) is 0 Å². The van der Waals surface area contributed by atoms with Crippen molar-refractivity contribution in [3.05, 3.63) is 72.3 Å². The highest BCUT2D eigenvalue weighted by Crippen LogP contribution is 2.35. The lowest BCUT2D eigenvalue weighted by atomic mass is 10.1. The summed E-state index contributed by atoms with van der Waals surface area (Å²) >= 11 is 0. The zero-order valence-corrected chi connectivity index (χ0v) is 15.1. The number of nitrogens with zero attached hydrogens (tertiary/aromatic N) is 2. The van der Waals surface area contributed by atoms with E-state index in [9.17, 15) is 13.2 Å². The Hall–Kier alpha value is -2.60. The number of anilines is 1. The van der Waals surface area contributed by atoms with Gasteiger partial charge in [0.15, 0.2) is 9.84 Å². The van der Waals surface area contributed by atoms with Crippen LogP contribution in [0.3, 0.4) is 0 Å². The number of rotatable bonds is 4. The van der Waals surface area contributed by atoms with Crippen LogP contribution in [0, 0.1) is 0 Å². The number of urea groups is 1. The summed E-state index contributed by atoms with van der Waals surface area (Å²) < 4.78 is 24.5. The molecule has 2 heterocycles. The molecule has 2 aliphatic heterocycles. The lowest BCUT2D eigenvalue weighted by Crippen LogP contribution is -2.37. The lowest BCUT2D eigenvalue weighted by molar-refractivity contribution is 0.206. The molecule has 2 amide bonds. The molecule has 4 rings (SSSR count). The van der Waals surface area contributed by atoms with Gasteiger partial charge in [-0.1, -0.05) is 55.1 Å². The van der Waals surface area contributed by atoms with Gasteiger partial charge in [-0.2, -0.15) is 0 Å². The van der Waals surface area contributed by atoms with Gasteiger partial charge in [-0.3, -0.25) is 4.90 Å². The van der Waals surface area contributed by atoms with E-state index in [0.29, 0.717) is 6.54 Å². The SMILES string of the molecule is C=Cc1ccc(CN2C(=O)N(c3ccccc3)[C@@H]3CS(=O)(=O)C[C@H]32)cc1. The van der Waals surface area contributed by atoms with E-state index in [1.54, 1.807) is 15.9 Å². The maximum atomic E-state index is 13.1. The molecule has 0 unspecified atom stereocenters. The van der Waals surface area contributed by atoms with Crippen molar-refractivity contribution in [3.63, 3.8) is 0 Å². The lowest BCUT2D eigenvalue weighted by Gasteiger charge is -2.22. The van der Waals surface area contributed by atoms with Crippen LogP contribution in [0.4, 0.5) is 10.5 Å². The third-order valence-electron chi connectivity index (χ3n) is 5.08. The van der Waals surface area contributed by atoms with Gasteiger partial charge >= 0.3 is 6.03 Å². The molecule has 2 aromatic carbocycles. The van der Waals surface area contributed by atoms with Crippen LogP contribution in [0.1, 0.15) is 11.1 Å². The van der Waals surface area contributed by atoms with Crippen LogP contribution < -0.4 is 4.90 Å². The average molecular weight is 368 g/mol. The fourth-order valence-corrected chi connectivity index (χ4v) is 5.76. The third kappa shape index (κ3) is 2.90.